The topological polar surface area (TPSA) is 45.5 Å². The van der Waals surface area contributed by atoms with Gasteiger partial charge in [0, 0.05) is 32.8 Å². The van der Waals surface area contributed by atoms with Gasteiger partial charge in [0.15, 0.2) is 0 Å². The zero-order valence-corrected chi connectivity index (χ0v) is 13.5. The van der Waals surface area contributed by atoms with Gasteiger partial charge in [-0.1, -0.05) is 35.3 Å². The molecule has 6 heteroatoms. The largest absolute Gasteiger partial charge is 0.507 e. The molecule has 1 heterocycles. The second kappa shape index (κ2) is 6.48. The molecule has 3 aromatic rings. The summed E-state index contributed by atoms with van der Waals surface area (Å²) in [7, 11) is 0. The lowest BCUT2D eigenvalue weighted by molar-refractivity contribution is 0.474. The first-order valence-electron chi connectivity index (χ1n) is 6.36. The molecule has 22 heavy (non-hydrogen) atoms. The molecule has 0 spiro atoms. The normalized spacial score (nSPS) is 11.2. The molecule has 3 rings (SSSR count). The highest BCUT2D eigenvalue weighted by Gasteiger charge is 2.04. The molecule has 110 valence electrons. The molecule has 0 aliphatic heterocycles. The summed E-state index contributed by atoms with van der Waals surface area (Å²) in [4.78, 5) is 8.72. The van der Waals surface area contributed by atoms with E-state index in [1.54, 1.807) is 18.3 Å². The lowest BCUT2D eigenvalue weighted by Crippen LogP contribution is -1.82. The number of aliphatic imine (C=N–C) groups is 1. The summed E-state index contributed by atoms with van der Waals surface area (Å²) in [5, 5.41) is 13.5. The molecular formula is C16H10Cl2N2OS. The maximum Gasteiger partial charge on any atom is 0.209 e. The maximum absolute atomic E-state index is 9.74. The lowest BCUT2D eigenvalue weighted by Gasteiger charge is -1.98. The minimum Gasteiger partial charge on any atom is -0.507 e. The van der Waals surface area contributed by atoms with Gasteiger partial charge in [-0.2, -0.15) is 0 Å². The Morgan fingerprint density at radius 3 is 2.55 bits per heavy atom. The van der Waals surface area contributed by atoms with E-state index in [9.17, 15) is 5.11 Å². The van der Waals surface area contributed by atoms with Crippen LogP contribution >= 0.6 is 34.5 Å². The van der Waals surface area contributed by atoms with Gasteiger partial charge in [0.05, 0.1) is 5.69 Å². The van der Waals surface area contributed by atoms with Gasteiger partial charge < -0.3 is 5.11 Å². The van der Waals surface area contributed by atoms with Gasteiger partial charge in [-0.05, 0) is 30.3 Å². The van der Waals surface area contributed by atoms with Crippen molar-refractivity contribution in [1.29, 1.82) is 0 Å². The van der Waals surface area contributed by atoms with E-state index in [0.717, 1.165) is 11.3 Å². The van der Waals surface area contributed by atoms with E-state index in [1.807, 2.05) is 29.6 Å². The Balaban J connectivity index is 1.83. The second-order valence-corrected chi connectivity index (χ2v) is 6.19. The van der Waals surface area contributed by atoms with Gasteiger partial charge in [-0.25, -0.2) is 9.98 Å². The molecule has 0 aliphatic carbocycles. The van der Waals surface area contributed by atoms with E-state index >= 15 is 0 Å². The second-order valence-electron chi connectivity index (χ2n) is 4.48. The smallest absolute Gasteiger partial charge is 0.209 e. The summed E-state index contributed by atoms with van der Waals surface area (Å²) < 4.78 is 0. The highest BCUT2D eigenvalue weighted by atomic mass is 35.5. The molecule has 0 bridgehead atoms. The molecule has 0 saturated heterocycles. The first-order chi connectivity index (χ1) is 10.6. The Kier molecular flexibility index (Phi) is 4.43. The van der Waals surface area contributed by atoms with Gasteiger partial charge in [-0.3, -0.25) is 0 Å². The molecule has 2 aromatic carbocycles. The van der Waals surface area contributed by atoms with E-state index in [4.69, 9.17) is 23.2 Å². The molecule has 0 saturated carbocycles. The van der Waals surface area contributed by atoms with Gasteiger partial charge in [0.1, 0.15) is 5.75 Å². The highest BCUT2D eigenvalue weighted by molar-refractivity contribution is 7.13. The highest BCUT2D eigenvalue weighted by Crippen LogP contribution is 2.28. The van der Waals surface area contributed by atoms with Gasteiger partial charge in [0.25, 0.3) is 0 Å². The van der Waals surface area contributed by atoms with Crippen LogP contribution in [0.5, 0.6) is 5.75 Å². The number of thiazole rings is 1. The number of benzene rings is 2. The van der Waals surface area contributed by atoms with Crippen LogP contribution in [0.15, 0.2) is 52.8 Å². The van der Waals surface area contributed by atoms with E-state index in [0.29, 0.717) is 20.7 Å². The van der Waals surface area contributed by atoms with Crippen LogP contribution in [0.2, 0.25) is 10.0 Å². The molecule has 0 radical (unpaired) electrons. The van der Waals surface area contributed by atoms with Crippen LogP contribution in [-0.4, -0.2) is 16.3 Å². The molecule has 1 aromatic heterocycles. The van der Waals surface area contributed by atoms with Crippen molar-refractivity contribution in [2.24, 2.45) is 4.99 Å². The first kappa shape index (κ1) is 15.0. The number of nitrogens with zero attached hydrogens (tertiary/aromatic N) is 2. The monoisotopic (exact) mass is 348 g/mol. The average molecular weight is 349 g/mol. The van der Waals surface area contributed by atoms with Crippen molar-refractivity contribution in [3.8, 4) is 17.0 Å². The van der Waals surface area contributed by atoms with E-state index in [1.165, 1.54) is 17.4 Å². The summed E-state index contributed by atoms with van der Waals surface area (Å²) in [6.07, 6.45) is 1.55. The first-order valence-corrected chi connectivity index (χ1v) is 7.99. The van der Waals surface area contributed by atoms with Crippen molar-refractivity contribution in [3.63, 3.8) is 0 Å². The van der Waals surface area contributed by atoms with Gasteiger partial charge in [0.2, 0.25) is 5.13 Å². The fourth-order valence-corrected chi connectivity index (χ4v) is 2.81. The van der Waals surface area contributed by atoms with Crippen LogP contribution in [0.3, 0.4) is 0 Å². The third kappa shape index (κ3) is 3.47. The number of aromatic nitrogens is 1. The molecule has 0 unspecified atom stereocenters. The van der Waals surface area contributed by atoms with Crippen molar-refractivity contribution >= 4 is 45.9 Å². The van der Waals surface area contributed by atoms with Gasteiger partial charge >= 0.3 is 0 Å². The van der Waals surface area contributed by atoms with Crippen LogP contribution in [0.25, 0.3) is 11.3 Å². The minimum atomic E-state index is 0.127. The van der Waals surface area contributed by atoms with Gasteiger partial charge in [-0.15, -0.1) is 11.3 Å². The Hall–Kier alpha value is -1.88. The number of hydrogen-bond donors (Lipinski definition) is 1. The fourth-order valence-electron chi connectivity index (χ4n) is 1.83. The number of halogens is 2. The quantitative estimate of drug-likeness (QED) is 0.628. The number of hydrogen-bond acceptors (Lipinski definition) is 4. The van der Waals surface area contributed by atoms with Crippen molar-refractivity contribution in [2.45, 2.75) is 0 Å². The maximum atomic E-state index is 9.74. The predicted molar refractivity (Wildman–Crippen MR) is 92.9 cm³/mol. The Labute approximate surface area is 141 Å². The zero-order chi connectivity index (χ0) is 15.5. The zero-order valence-electron chi connectivity index (χ0n) is 11.2. The van der Waals surface area contributed by atoms with Crippen LogP contribution < -0.4 is 0 Å². The average Bonchev–Trinajstić information content (AvgIpc) is 2.98. The molecular weight excluding hydrogens is 339 g/mol. The molecule has 3 nitrogen and oxygen atoms in total. The van der Waals surface area contributed by atoms with Crippen LogP contribution in [0.4, 0.5) is 5.13 Å². The minimum absolute atomic E-state index is 0.127. The fraction of sp³-hybridized carbons (Fsp3) is 0. The molecule has 0 fully saturated rings. The van der Waals surface area contributed by atoms with E-state index < -0.39 is 0 Å². The Bertz CT molecular complexity index is 828. The SMILES string of the molecule is Oc1ccc(Cl)cc1/C=N/c1nc(-c2ccc(Cl)cc2)cs1. The molecule has 1 N–H and O–H groups in total. The van der Waals surface area contributed by atoms with Crippen LogP contribution in [0.1, 0.15) is 5.56 Å². The summed E-state index contributed by atoms with van der Waals surface area (Å²) in [6, 6.07) is 12.3. The number of phenols is 1. The molecule has 0 amide bonds. The number of phenolic OH excluding ortho intramolecular Hbond substituents is 1. The summed E-state index contributed by atoms with van der Waals surface area (Å²) >= 11 is 13.2. The third-order valence-corrected chi connectivity index (χ3v) is 4.17. The number of rotatable bonds is 3. The Morgan fingerprint density at radius 1 is 1.05 bits per heavy atom. The summed E-state index contributed by atoms with van der Waals surface area (Å²) in [5.41, 5.74) is 2.37. The van der Waals surface area contributed by atoms with Crippen molar-refractivity contribution < 1.29 is 5.11 Å². The predicted octanol–water partition coefficient (Wildman–Crippen LogP) is 5.57. The number of aromatic hydroxyl groups is 1. The van der Waals surface area contributed by atoms with Crippen LogP contribution in [-0.2, 0) is 0 Å². The molecule has 0 aliphatic rings. The standard InChI is InChI=1S/C16H10Cl2N2OS/c17-12-3-1-10(2-4-12)14-9-22-16(20-14)19-8-11-7-13(18)5-6-15(11)21/h1-9,21H/b19-8+. The summed E-state index contributed by atoms with van der Waals surface area (Å²) in [6.45, 7) is 0. The van der Waals surface area contributed by atoms with Crippen molar-refractivity contribution in [2.75, 3.05) is 0 Å². The summed E-state index contributed by atoms with van der Waals surface area (Å²) in [5.74, 6) is 0.127. The van der Waals surface area contributed by atoms with Crippen LogP contribution in [0, 0.1) is 0 Å². The third-order valence-electron chi connectivity index (χ3n) is 2.94. The molecule has 0 atom stereocenters. The van der Waals surface area contributed by atoms with E-state index in [-0.39, 0.29) is 5.75 Å². The lowest BCUT2D eigenvalue weighted by atomic mass is 10.2. The van der Waals surface area contributed by atoms with Crippen molar-refractivity contribution in [3.05, 3.63) is 63.5 Å². The van der Waals surface area contributed by atoms with Crippen molar-refractivity contribution in [1.82, 2.24) is 4.98 Å². The van der Waals surface area contributed by atoms with E-state index in [2.05, 4.69) is 9.98 Å². The Morgan fingerprint density at radius 2 is 1.77 bits per heavy atom.